The van der Waals surface area contributed by atoms with Gasteiger partial charge in [0.05, 0.1) is 11.6 Å². The van der Waals surface area contributed by atoms with Gasteiger partial charge in [0.25, 0.3) is 5.91 Å². The van der Waals surface area contributed by atoms with E-state index in [0.29, 0.717) is 11.6 Å². The molecule has 0 radical (unpaired) electrons. The summed E-state index contributed by atoms with van der Waals surface area (Å²) in [5, 5.41) is 2.93. The molecule has 1 aromatic carbocycles. The fourth-order valence-corrected chi connectivity index (χ4v) is 1.84. The summed E-state index contributed by atoms with van der Waals surface area (Å²) in [4.78, 5) is 11.7. The molecule has 2 rings (SSSR count). The highest BCUT2D eigenvalue weighted by Crippen LogP contribution is 2.26. The quantitative estimate of drug-likeness (QED) is 0.915. The van der Waals surface area contributed by atoms with Crippen molar-refractivity contribution in [1.29, 1.82) is 0 Å². The van der Waals surface area contributed by atoms with Gasteiger partial charge in [0, 0.05) is 11.6 Å². The Balaban J connectivity index is 2.13. The number of halogens is 1. The molecule has 80 valence electrons. The molecular formula is C11H12BrNO2. The number of carbonyl (C=O) groups is 1. The number of benzene rings is 1. The second kappa shape index (κ2) is 4.23. The number of ether oxygens (including phenoxy) is 1. The van der Waals surface area contributed by atoms with Gasteiger partial charge in [0.2, 0.25) is 0 Å². The first-order chi connectivity index (χ1) is 7.20. The van der Waals surface area contributed by atoms with Gasteiger partial charge in [-0.3, -0.25) is 4.79 Å². The van der Waals surface area contributed by atoms with E-state index in [-0.39, 0.29) is 5.91 Å². The van der Waals surface area contributed by atoms with E-state index >= 15 is 0 Å². The summed E-state index contributed by atoms with van der Waals surface area (Å²) < 4.78 is 5.89. The molecule has 0 unspecified atom stereocenters. The Morgan fingerprint density at radius 3 is 2.80 bits per heavy atom. The minimum atomic E-state index is -0.0131. The molecule has 3 nitrogen and oxygen atoms in total. The molecule has 0 heterocycles. The van der Waals surface area contributed by atoms with Crippen molar-refractivity contribution >= 4 is 21.8 Å². The third kappa shape index (κ3) is 2.50. The molecule has 0 spiro atoms. The summed E-state index contributed by atoms with van der Waals surface area (Å²) in [6.07, 6.45) is 2.20. The summed E-state index contributed by atoms with van der Waals surface area (Å²) in [5.74, 6) is 0.721. The third-order valence-corrected chi connectivity index (χ3v) is 2.95. The van der Waals surface area contributed by atoms with Crippen LogP contribution in [0.15, 0.2) is 22.7 Å². The van der Waals surface area contributed by atoms with Crippen LogP contribution in [0.3, 0.4) is 0 Å². The smallest absolute Gasteiger partial charge is 0.251 e. The largest absolute Gasteiger partial charge is 0.496 e. The van der Waals surface area contributed by atoms with Crippen LogP contribution in [0.25, 0.3) is 0 Å². The molecule has 15 heavy (non-hydrogen) atoms. The first-order valence-electron chi connectivity index (χ1n) is 4.85. The average Bonchev–Trinajstić information content (AvgIpc) is 3.01. The Hall–Kier alpha value is -1.03. The lowest BCUT2D eigenvalue weighted by atomic mass is 10.2. The molecule has 1 N–H and O–H groups in total. The lowest BCUT2D eigenvalue weighted by Gasteiger charge is -2.06. The number of hydrogen-bond acceptors (Lipinski definition) is 2. The monoisotopic (exact) mass is 269 g/mol. The zero-order valence-corrected chi connectivity index (χ0v) is 10.0. The molecule has 1 aliphatic rings. The Labute approximate surface area is 96.9 Å². The van der Waals surface area contributed by atoms with Crippen LogP contribution in [0.2, 0.25) is 0 Å². The van der Waals surface area contributed by atoms with Gasteiger partial charge >= 0.3 is 0 Å². The van der Waals surface area contributed by atoms with Gasteiger partial charge in [-0.1, -0.05) is 0 Å². The van der Waals surface area contributed by atoms with E-state index < -0.39 is 0 Å². The molecule has 0 aromatic heterocycles. The van der Waals surface area contributed by atoms with Gasteiger partial charge in [-0.2, -0.15) is 0 Å². The topological polar surface area (TPSA) is 38.3 Å². The molecule has 1 fully saturated rings. The van der Waals surface area contributed by atoms with Crippen LogP contribution in [0.5, 0.6) is 5.75 Å². The van der Waals surface area contributed by atoms with Crippen LogP contribution >= 0.6 is 15.9 Å². The van der Waals surface area contributed by atoms with Gasteiger partial charge in [0.1, 0.15) is 5.75 Å². The minimum absolute atomic E-state index is 0.0131. The fourth-order valence-electron chi connectivity index (χ4n) is 1.30. The SMILES string of the molecule is COc1ccc(C(=O)NC2CC2)cc1Br. The maximum absolute atomic E-state index is 11.7. The average molecular weight is 270 g/mol. The van der Waals surface area contributed by atoms with Crippen molar-refractivity contribution < 1.29 is 9.53 Å². The van der Waals surface area contributed by atoms with E-state index in [1.54, 1.807) is 25.3 Å². The third-order valence-electron chi connectivity index (χ3n) is 2.33. The van der Waals surface area contributed by atoms with E-state index in [9.17, 15) is 4.79 Å². The summed E-state index contributed by atoms with van der Waals surface area (Å²) >= 11 is 3.35. The van der Waals surface area contributed by atoms with E-state index in [0.717, 1.165) is 23.1 Å². The molecule has 4 heteroatoms. The first kappa shape index (κ1) is 10.5. The van der Waals surface area contributed by atoms with E-state index in [2.05, 4.69) is 21.2 Å². The number of methoxy groups -OCH3 is 1. The highest BCUT2D eigenvalue weighted by atomic mass is 79.9. The van der Waals surface area contributed by atoms with Crippen LogP contribution in [-0.2, 0) is 0 Å². The molecule has 1 saturated carbocycles. The lowest BCUT2D eigenvalue weighted by molar-refractivity contribution is 0.0951. The van der Waals surface area contributed by atoms with Crippen LogP contribution in [0.4, 0.5) is 0 Å². The molecule has 0 aliphatic heterocycles. The number of rotatable bonds is 3. The molecule has 0 saturated heterocycles. The van der Waals surface area contributed by atoms with Crippen molar-refractivity contribution in [2.45, 2.75) is 18.9 Å². The fraction of sp³-hybridized carbons (Fsp3) is 0.364. The van der Waals surface area contributed by atoms with Crippen molar-refractivity contribution in [3.05, 3.63) is 28.2 Å². The van der Waals surface area contributed by atoms with E-state index in [1.807, 2.05) is 0 Å². The summed E-state index contributed by atoms with van der Waals surface area (Å²) in [6.45, 7) is 0. The Bertz CT molecular complexity index is 388. The van der Waals surface area contributed by atoms with Crippen molar-refractivity contribution in [1.82, 2.24) is 5.32 Å². The second-order valence-corrected chi connectivity index (χ2v) is 4.45. The first-order valence-corrected chi connectivity index (χ1v) is 5.64. The van der Waals surface area contributed by atoms with E-state index in [4.69, 9.17) is 4.74 Å². The molecule has 0 bridgehead atoms. The number of carbonyl (C=O) groups excluding carboxylic acids is 1. The maximum Gasteiger partial charge on any atom is 0.251 e. The van der Waals surface area contributed by atoms with Crippen LogP contribution in [0, 0.1) is 0 Å². The molecule has 0 atom stereocenters. The van der Waals surface area contributed by atoms with Crippen molar-refractivity contribution in [2.24, 2.45) is 0 Å². The van der Waals surface area contributed by atoms with Gasteiger partial charge in [-0.15, -0.1) is 0 Å². The predicted octanol–water partition coefficient (Wildman–Crippen LogP) is 2.35. The van der Waals surface area contributed by atoms with Gasteiger partial charge in [0.15, 0.2) is 0 Å². The van der Waals surface area contributed by atoms with Crippen LogP contribution in [0.1, 0.15) is 23.2 Å². The molecule has 1 aliphatic carbocycles. The van der Waals surface area contributed by atoms with Crippen molar-refractivity contribution in [3.63, 3.8) is 0 Å². The molecule has 1 aromatic rings. The summed E-state index contributed by atoms with van der Waals surface area (Å²) in [6, 6.07) is 5.71. The van der Waals surface area contributed by atoms with Crippen molar-refractivity contribution in [3.8, 4) is 5.75 Å². The van der Waals surface area contributed by atoms with Gasteiger partial charge < -0.3 is 10.1 Å². The Morgan fingerprint density at radius 1 is 1.53 bits per heavy atom. The standard InChI is InChI=1S/C11H12BrNO2/c1-15-10-5-2-7(6-9(10)12)11(14)13-8-3-4-8/h2,5-6,8H,3-4H2,1H3,(H,13,14). The maximum atomic E-state index is 11.7. The number of amides is 1. The van der Waals surface area contributed by atoms with Gasteiger partial charge in [-0.05, 0) is 47.0 Å². The van der Waals surface area contributed by atoms with Crippen LogP contribution < -0.4 is 10.1 Å². The zero-order valence-electron chi connectivity index (χ0n) is 8.42. The number of nitrogens with one attached hydrogen (secondary N) is 1. The highest BCUT2D eigenvalue weighted by molar-refractivity contribution is 9.10. The highest BCUT2D eigenvalue weighted by Gasteiger charge is 2.23. The normalized spacial score (nSPS) is 14.8. The molecular weight excluding hydrogens is 258 g/mol. The summed E-state index contributed by atoms with van der Waals surface area (Å²) in [7, 11) is 1.60. The summed E-state index contributed by atoms with van der Waals surface area (Å²) in [5.41, 5.74) is 0.662. The predicted molar refractivity (Wildman–Crippen MR) is 61.2 cm³/mol. The Morgan fingerprint density at radius 2 is 2.27 bits per heavy atom. The van der Waals surface area contributed by atoms with Crippen molar-refractivity contribution in [2.75, 3.05) is 7.11 Å². The van der Waals surface area contributed by atoms with Gasteiger partial charge in [-0.25, -0.2) is 0 Å². The second-order valence-electron chi connectivity index (χ2n) is 3.60. The minimum Gasteiger partial charge on any atom is -0.496 e. The van der Waals surface area contributed by atoms with Crippen LogP contribution in [-0.4, -0.2) is 19.1 Å². The lowest BCUT2D eigenvalue weighted by Crippen LogP contribution is -2.25. The molecule has 1 amide bonds. The number of hydrogen-bond donors (Lipinski definition) is 1. The Kier molecular flexibility index (Phi) is 2.95. The zero-order chi connectivity index (χ0) is 10.8. The van der Waals surface area contributed by atoms with E-state index in [1.165, 1.54) is 0 Å².